The molecule has 3 amide bonds. The van der Waals surface area contributed by atoms with Crippen LogP contribution in [-0.4, -0.2) is 108 Å². The summed E-state index contributed by atoms with van der Waals surface area (Å²) in [6.45, 7) is 7.80. The highest BCUT2D eigenvalue weighted by atomic mass is 19.4. The van der Waals surface area contributed by atoms with Gasteiger partial charge in [-0.1, -0.05) is 6.07 Å². The van der Waals surface area contributed by atoms with Crippen molar-refractivity contribution in [1.82, 2.24) is 30.0 Å². The molecular weight excluding hydrogens is 755 g/mol. The number of hydrogen-bond donors (Lipinski definition) is 2. The van der Waals surface area contributed by atoms with E-state index in [9.17, 15) is 32.3 Å². The van der Waals surface area contributed by atoms with E-state index < -0.39 is 29.4 Å². The fraction of sp³-hybridized carbons (Fsp3) is 0.452. The van der Waals surface area contributed by atoms with Crippen LogP contribution in [0.1, 0.15) is 52.9 Å². The van der Waals surface area contributed by atoms with Gasteiger partial charge in [-0.2, -0.15) is 13.2 Å². The van der Waals surface area contributed by atoms with Crippen molar-refractivity contribution in [3.8, 4) is 22.6 Å². The zero-order chi connectivity index (χ0) is 40.5. The third-order valence-electron chi connectivity index (χ3n) is 12.8. The van der Waals surface area contributed by atoms with Gasteiger partial charge in [0.05, 0.1) is 25.2 Å². The Labute approximate surface area is 332 Å². The number of piperidine rings is 2. The Bertz CT molecular complexity index is 2350. The second kappa shape index (κ2) is 14.4. The van der Waals surface area contributed by atoms with Crippen LogP contribution in [0.25, 0.3) is 21.9 Å². The van der Waals surface area contributed by atoms with Gasteiger partial charge in [0.15, 0.2) is 0 Å². The Balaban J connectivity index is 0.781. The number of alkyl halides is 3. The molecule has 4 fully saturated rings. The van der Waals surface area contributed by atoms with E-state index in [0.717, 1.165) is 87.7 Å². The van der Waals surface area contributed by atoms with Crippen molar-refractivity contribution in [2.45, 2.75) is 51.0 Å². The summed E-state index contributed by atoms with van der Waals surface area (Å²) in [5, 5.41) is 2.54. The number of halogens is 3. The molecule has 1 atom stereocenters. The first-order valence-electron chi connectivity index (χ1n) is 19.6. The zero-order valence-corrected chi connectivity index (χ0v) is 32.3. The van der Waals surface area contributed by atoms with Crippen molar-refractivity contribution in [2.75, 3.05) is 64.9 Å². The van der Waals surface area contributed by atoms with E-state index in [1.165, 1.54) is 6.20 Å². The number of carbonyl (C=O) groups excluding carboxylic acids is 3. The fourth-order valence-corrected chi connectivity index (χ4v) is 9.56. The van der Waals surface area contributed by atoms with Gasteiger partial charge in [-0.05, 0) is 79.7 Å². The molecular formula is C42H44F3N7O6. The van der Waals surface area contributed by atoms with Crippen LogP contribution in [0.15, 0.2) is 53.6 Å². The number of likely N-dealkylation sites (tertiary alicyclic amines) is 2. The predicted octanol–water partition coefficient (Wildman–Crippen LogP) is 4.42. The summed E-state index contributed by atoms with van der Waals surface area (Å²) < 4.78 is 52.3. The molecule has 9 rings (SSSR count). The number of ether oxygens (including phenoxy) is 2. The zero-order valence-electron chi connectivity index (χ0n) is 32.3. The number of nitrogens with one attached hydrogen (secondary N) is 2. The molecule has 4 saturated heterocycles. The number of hydrogen-bond acceptors (Lipinski definition) is 10. The van der Waals surface area contributed by atoms with E-state index in [1.807, 2.05) is 12.1 Å². The van der Waals surface area contributed by atoms with E-state index in [4.69, 9.17) is 9.47 Å². The van der Waals surface area contributed by atoms with Crippen LogP contribution in [0, 0.1) is 11.3 Å². The van der Waals surface area contributed by atoms with E-state index in [2.05, 4.69) is 36.1 Å². The summed E-state index contributed by atoms with van der Waals surface area (Å²) in [5.41, 5.74) is 3.02. The summed E-state index contributed by atoms with van der Waals surface area (Å²) in [6, 6.07) is 9.86. The topological polar surface area (TPSA) is 140 Å². The van der Waals surface area contributed by atoms with Crippen LogP contribution in [0.5, 0.6) is 11.5 Å². The van der Waals surface area contributed by atoms with E-state index >= 15 is 0 Å². The lowest BCUT2D eigenvalue weighted by Crippen LogP contribution is -2.61. The van der Waals surface area contributed by atoms with Gasteiger partial charge < -0.3 is 29.2 Å². The molecule has 4 aromatic rings. The van der Waals surface area contributed by atoms with Gasteiger partial charge in [0, 0.05) is 92.2 Å². The Morgan fingerprint density at radius 3 is 2.31 bits per heavy atom. The molecule has 5 aliphatic heterocycles. The number of carbonyl (C=O) groups is 3. The number of methoxy groups -OCH3 is 2. The number of imide groups is 1. The lowest BCUT2D eigenvalue weighted by molar-refractivity contribution is -0.141. The van der Waals surface area contributed by atoms with Crippen molar-refractivity contribution >= 4 is 34.2 Å². The smallest absolute Gasteiger partial charge is 0.433 e. The molecule has 7 heterocycles. The number of H-pyrrole nitrogens is 1. The van der Waals surface area contributed by atoms with Gasteiger partial charge in [-0.3, -0.25) is 34.4 Å². The number of aromatic nitrogens is 2. The van der Waals surface area contributed by atoms with Crippen LogP contribution in [0.4, 0.5) is 18.9 Å². The third-order valence-corrected chi connectivity index (χ3v) is 12.8. The minimum Gasteiger partial charge on any atom is -0.496 e. The van der Waals surface area contributed by atoms with Gasteiger partial charge in [0.25, 0.3) is 11.5 Å². The first-order valence-corrected chi connectivity index (χ1v) is 19.6. The van der Waals surface area contributed by atoms with Crippen molar-refractivity contribution in [3.63, 3.8) is 0 Å². The summed E-state index contributed by atoms with van der Waals surface area (Å²) in [5.74, 6) is 0.764. The standard InChI is InChI=1S/C42H44F3N7O6/c1-57-34-11-26(30-15-47-38(54)31-16-46-36(14-29(30)31)42(43,44)45)12-35(58-2)32(34)21-50-18-24(19-50)17-49-9-7-41(8-10-49)22-51(23-41)27-4-3-25-20-52(40(56)28(25)13-27)33-5-6-37(53)48-39(33)55/h3-4,11-16,24,33H,5-10,17-23H2,1-2H3,(H,47,54)(H,48,53,55). The molecule has 1 spiro atoms. The van der Waals surface area contributed by atoms with Gasteiger partial charge in [-0.15, -0.1) is 0 Å². The van der Waals surface area contributed by atoms with Crippen molar-refractivity contribution in [2.24, 2.45) is 11.3 Å². The minimum absolute atomic E-state index is 0.0501. The Morgan fingerprint density at radius 1 is 0.914 bits per heavy atom. The molecule has 5 aliphatic rings. The lowest BCUT2D eigenvalue weighted by Gasteiger charge is -2.55. The molecule has 0 saturated carbocycles. The van der Waals surface area contributed by atoms with Gasteiger partial charge in [-0.25, -0.2) is 0 Å². The molecule has 0 radical (unpaired) electrons. The number of anilines is 1. The van der Waals surface area contributed by atoms with Crippen molar-refractivity contribution < 1.29 is 37.0 Å². The fourth-order valence-electron chi connectivity index (χ4n) is 9.56. The average Bonchev–Trinajstić information content (AvgIpc) is 3.50. The summed E-state index contributed by atoms with van der Waals surface area (Å²) in [4.78, 5) is 64.8. The maximum absolute atomic E-state index is 13.6. The maximum atomic E-state index is 13.6. The molecule has 2 aromatic carbocycles. The van der Waals surface area contributed by atoms with E-state index in [0.29, 0.717) is 53.6 Å². The molecule has 16 heteroatoms. The number of pyridine rings is 2. The Kier molecular flexibility index (Phi) is 9.46. The second-order valence-electron chi connectivity index (χ2n) is 16.5. The molecule has 13 nitrogen and oxygen atoms in total. The summed E-state index contributed by atoms with van der Waals surface area (Å²) in [7, 11) is 3.10. The number of amides is 3. The SMILES string of the molecule is COc1cc(-c2c[nH]c(=O)c3cnc(C(F)(F)F)cc23)cc(OC)c1CN1CC(CN2CCC3(CC2)CN(c2ccc4c(c2)C(=O)N(C2CCC(=O)NC2=O)C4)C3)C1. The monoisotopic (exact) mass is 799 g/mol. The molecule has 2 N–H and O–H groups in total. The van der Waals surface area contributed by atoms with Crippen molar-refractivity contribution in [3.05, 3.63) is 81.5 Å². The largest absolute Gasteiger partial charge is 0.496 e. The number of aromatic amines is 1. The van der Waals surface area contributed by atoms with Gasteiger partial charge >= 0.3 is 6.18 Å². The number of nitrogens with zero attached hydrogens (tertiary/aromatic N) is 5. The normalized spacial score (nSPS) is 21.3. The van der Waals surface area contributed by atoms with Crippen LogP contribution in [0.3, 0.4) is 0 Å². The van der Waals surface area contributed by atoms with Gasteiger partial charge in [0.1, 0.15) is 23.2 Å². The Hall–Kier alpha value is -5.48. The van der Waals surface area contributed by atoms with Crippen LogP contribution in [-0.2, 0) is 28.9 Å². The highest BCUT2D eigenvalue weighted by Crippen LogP contribution is 2.44. The number of rotatable bonds is 9. The highest BCUT2D eigenvalue weighted by molar-refractivity contribution is 6.05. The summed E-state index contributed by atoms with van der Waals surface area (Å²) >= 11 is 0. The molecule has 0 aliphatic carbocycles. The highest BCUT2D eigenvalue weighted by Gasteiger charge is 2.46. The third kappa shape index (κ3) is 6.85. The van der Waals surface area contributed by atoms with Crippen molar-refractivity contribution in [1.29, 1.82) is 0 Å². The van der Waals surface area contributed by atoms with E-state index in [1.54, 1.807) is 31.3 Å². The first-order chi connectivity index (χ1) is 27.8. The predicted molar refractivity (Wildman–Crippen MR) is 207 cm³/mol. The van der Waals surface area contributed by atoms with Crippen LogP contribution < -0.4 is 25.2 Å². The van der Waals surface area contributed by atoms with Crippen LogP contribution in [0.2, 0.25) is 0 Å². The number of benzene rings is 2. The quantitative estimate of drug-likeness (QED) is 0.234. The molecule has 2 aromatic heterocycles. The van der Waals surface area contributed by atoms with Crippen LogP contribution >= 0.6 is 0 Å². The van der Waals surface area contributed by atoms with Gasteiger partial charge in [0.2, 0.25) is 11.8 Å². The second-order valence-corrected chi connectivity index (χ2v) is 16.5. The molecule has 58 heavy (non-hydrogen) atoms. The first kappa shape index (κ1) is 38.1. The molecule has 304 valence electrons. The minimum atomic E-state index is -4.67. The average molecular weight is 800 g/mol. The molecule has 0 bridgehead atoms. The maximum Gasteiger partial charge on any atom is 0.433 e. The Morgan fingerprint density at radius 2 is 1.64 bits per heavy atom. The summed E-state index contributed by atoms with van der Waals surface area (Å²) in [6.07, 6.45) is 0.512. The number of fused-ring (bicyclic) bond motifs is 2. The lowest BCUT2D eigenvalue weighted by atomic mass is 9.71. The molecule has 1 unspecified atom stereocenters. The van der Waals surface area contributed by atoms with E-state index in [-0.39, 0.29) is 34.4 Å².